The lowest BCUT2D eigenvalue weighted by Gasteiger charge is -2.28. The molecule has 0 aromatic rings. The molecule has 0 atom stereocenters. The molecule has 0 aromatic carbocycles. The molecule has 0 aliphatic rings. The molecule has 5 heteroatoms. The van der Waals surface area contributed by atoms with Crippen LogP contribution >= 0.6 is 0 Å². The van der Waals surface area contributed by atoms with Crippen LogP contribution in [0.15, 0.2) is 12.7 Å². The molecule has 18 heavy (non-hydrogen) atoms. The van der Waals surface area contributed by atoms with Crippen molar-refractivity contribution >= 4 is 14.5 Å². The predicted octanol–water partition coefficient (Wildman–Crippen LogP) is 3.03. The zero-order chi connectivity index (χ0) is 13.9. The smallest absolute Gasteiger partial charge is 0.337 e. The lowest BCUT2D eigenvalue weighted by atomic mass is 10.4. The minimum atomic E-state index is -2.02. The van der Waals surface area contributed by atoms with Crippen molar-refractivity contribution < 1.29 is 18.4 Å². The van der Waals surface area contributed by atoms with Crippen molar-refractivity contribution in [1.29, 1.82) is 0 Å². The van der Waals surface area contributed by atoms with Gasteiger partial charge in [0, 0.05) is 19.3 Å². The molecular weight excluding hydrogens is 248 g/mol. The summed E-state index contributed by atoms with van der Waals surface area (Å²) < 4.78 is 16.7. The quantitative estimate of drug-likeness (QED) is 0.251. The maximum atomic E-state index is 10.9. The number of carbonyl (C=O) groups excluding carboxylic acids is 1. The first-order chi connectivity index (χ1) is 8.64. The van der Waals surface area contributed by atoms with Crippen LogP contribution in [0.5, 0.6) is 0 Å². The van der Waals surface area contributed by atoms with E-state index < -0.39 is 8.56 Å². The van der Waals surface area contributed by atoms with E-state index in [1.165, 1.54) is 6.08 Å². The molecule has 106 valence electrons. The highest BCUT2D eigenvalue weighted by molar-refractivity contribution is 6.67. The van der Waals surface area contributed by atoms with Crippen molar-refractivity contribution in [3.8, 4) is 0 Å². The van der Waals surface area contributed by atoms with Gasteiger partial charge in [-0.2, -0.15) is 0 Å². The average molecular weight is 274 g/mol. The number of hydrogen-bond donors (Lipinski definition) is 0. The molecule has 0 amide bonds. The Bertz CT molecular complexity index is 237. The Balaban J connectivity index is 3.95. The zero-order valence-electron chi connectivity index (χ0n) is 11.9. The van der Waals surface area contributed by atoms with Crippen LogP contribution in [0.4, 0.5) is 0 Å². The second kappa shape index (κ2) is 10.3. The van der Waals surface area contributed by atoms with Crippen molar-refractivity contribution in [2.75, 3.05) is 19.8 Å². The monoisotopic (exact) mass is 274 g/mol. The lowest BCUT2D eigenvalue weighted by Crippen LogP contribution is -2.41. The summed E-state index contributed by atoms with van der Waals surface area (Å²) in [7, 11) is -2.02. The average Bonchev–Trinajstić information content (AvgIpc) is 2.38. The van der Waals surface area contributed by atoms with Crippen molar-refractivity contribution in [3.05, 3.63) is 12.7 Å². The van der Waals surface area contributed by atoms with Crippen LogP contribution in [0.25, 0.3) is 0 Å². The van der Waals surface area contributed by atoms with Gasteiger partial charge in [-0.05, 0) is 38.8 Å². The zero-order valence-corrected chi connectivity index (χ0v) is 12.9. The van der Waals surface area contributed by atoms with Gasteiger partial charge in [0.2, 0.25) is 0 Å². The molecule has 4 nitrogen and oxygen atoms in total. The van der Waals surface area contributed by atoms with Gasteiger partial charge >= 0.3 is 14.5 Å². The van der Waals surface area contributed by atoms with Crippen molar-refractivity contribution in [3.63, 3.8) is 0 Å². The van der Waals surface area contributed by atoms with Gasteiger partial charge in [-0.25, -0.2) is 4.79 Å². The van der Waals surface area contributed by atoms with Crippen LogP contribution in [0.3, 0.4) is 0 Å². The van der Waals surface area contributed by atoms with E-state index in [1.54, 1.807) is 0 Å². The molecule has 0 aliphatic heterocycles. The summed E-state index contributed by atoms with van der Waals surface area (Å²) in [5.41, 5.74) is 0. The second-order valence-electron chi connectivity index (χ2n) is 3.96. The van der Waals surface area contributed by atoms with E-state index in [0.717, 1.165) is 24.9 Å². The van der Waals surface area contributed by atoms with Crippen LogP contribution < -0.4 is 0 Å². The van der Waals surface area contributed by atoms with Gasteiger partial charge in [-0.3, -0.25) is 0 Å². The van der Waals surface area contributed by atoms with Crippen LogP contribution in [0, 0.1) is 0 Å². The Morgan fingerprint density at radius 2 is 1.78 bits per heavy atom. The number of carbonyl (C=O) groups is 1. The van der Waals surface area contributed by atoms with Gasteiger partial charge in [0.05, 0.1) is 6.61 Å². The number of hydrogen-bond acceptors (Lipinski definition) is 4. The topological polar surface area (TPSA) is 44.8 Å². The van der Waals surface area contributed by atoms with E-state index in [0.29, 0.717) is 19.8 Å². The van der Waals surface area contributed by atoms with Crippen LogP contribution in [0.2, 0.25) is 12.1 Å². The molecule has 0 aliphatic carbocycles. The van der Waals surface area contributed by atoms with Gasteiger partial charge in [-0.15, -0.1) is 0 Å². The third kappa shape index (κ3) is 6.93. The Morgan fingerprint density at radius 3 is 2.22 bits per heavy atom. The number of esters is 1. The number of ether oxygens (including phenoxy) is 1. The molecular formula is C13H26O4Si. The minimum absolute atomic E-state index is 0.358. The van der Waals surface area contributed by atoms with Crippen molar-refractivity contribution in [2.24, 2.45) is 0 Å². The SMILES string of the molecule is C=CC(=O)OCCCC[Si](CC)(OCC)OCC. The summed E-state index contributed by atoms with van der Waals surface area (Å²) in [6.07, 6.45) is 2.99. The van der Waals surface area contributed by atoms with Gasteiger partial charge in [0.25, 0.3) is 0 Å². The van der Waals surface area contributed by atoms with E-state index in [9.17, 15) is 4.79 Å². The Kier molecular flexibility index (Phi) is 9.91. The highest BCUT2D eigenvalue weighted by Gasteiger charge is 2.34. The fourth-order valence-electron chi connectivity index (χ4n) is 1.82. The number of unbranched alkanes of at least 4 members (excludes halogenated alkanes) is 1. The molecule has 0 saturated carbocycles. The summed E-state index contributed by atoms with van der Waals surface area (Å²) in [4.78, 5) is 10.9. The lowest BCUT2D eigenvalue weighted by molar-refractivity contribution is -0.137. The standard InChI is InChI=1S/C13H26O4Si/c1-5-13(14)15-11-9-10-12-18(8-4,16-6-2)17-7-3/h5H,1,6-12H2,2-4H3. The van der Waals surface area contributed by atoms with Gasteiger partial charge < -0.3 is 13.6 Å². The second-order valence-corrected chi connectivity index (χ2v) is 7.56. The van der Waals surface area contributed by atoms with Crippen molar-refractivity contribution in [2.45, 2.75) is 45.7 Å². The third-order valence-electron chi connectivity index (χ3n) is 2.72. The van der Waals surface area contributed by atoms with Crippen LogP contribution in [-0.4, -0.2) is 34.4 Å². The van der Waals surface area contributed by atoms with Gasteiger partial charge in [0.1, 0.15) is 0 Å². The highest BCUT2D eigenvalue weighted by atomic mass is 28.4. The summed E-state index contributed by atoms with van der Waals surface area (Å²) in [5.74, 6) is -0.358. The summed E-state index contributed by atoms with van der Waals surface area (Å²) in [6, 6.07) is 1.91. The van der Waals surface area contributed by atoms with E-state index in [4.69, 9.17) is 13.6 Å². The first-order valence-electron chi connectivity index (χ1n) is 6.71. The molecule has 0 bridgehead atoms. The maximum Gasteiger partial charge on any atom is 0.337 e. The largest absolute Gasteiger partial charge is 0.463 e. The van der Waals surface area contributed by atoms with Gasteiger partial charge in [0.15, 0.2) is 0 Å². The highest BCUT2D eigenvalue weighted by Crippen LogP contribution is 2.21. The van der Waals surface area contributed by atoms with Gasteiger partial charge in [-0.1, -0.05) is 13.5 Å². The van der Waals surface area contributed by atoms with E-state index in [2.05, 4.69) is 13.5 Å². The summed E-state index contributed by atoms with van der Waals surface area (Å²) in [6.45, 7) is 11.3. The minimum Gasteiger partial charge on any atom is -0.463 e. The maximum absolute atomic E-state index is 10.9. The number of rotatable bonds is 11. The Labute approximate surface area is 112 Å². The van der Waals surface area contributed by atoms with Crippen LogP contribution in [0.1, 0.15) is 33.6 Å². The third-order valence-corrected chi connectivity index (χ3v) is 6.54. The van der Waals surface area contributed by atoms with E-state index in [1.807, 2.05) is 13.8 Å². The first-order valence-corrected chi connectivity index (χ1v) is 8.94. The van der Waals surface area contributed by atoms with Crippen molar-refractivity contribution in [1.82, 2.24) is 0 Å². The summed E-state index contributed by atoms with van der Waals surface area (Å²) in [5, 5.41) is 0. The molecule has 0 unspecified atom stereocenters. The first kappa shape index (κ1) is 17.3. The van der Waals surface area contributed by atoms with E-state index in [-0.39, 0.29) is 5.97 Å². The molecule has 0 N–H and O–H groups in total. The Hall–Kier alpha value is -0.653. The molecule has 0 saturated heterocycles. The fourth-order valence-corrected chi connectivity index (χ4v) is 4.80. The molecule has 0 spiro atoms. The predicted molar refractivity (Wildman–Crippen MR) is 74.7 cm³/mol. The molecule has 0 fully saturated rings. The molecule has 0 aromatic heterocycles. The molecule has 0 radical (unpaired) electrons. The summed E-state index contributed by atoms with van der Waals surface area (Å²) >= 11 is 0. The van der Waals surface area contributed by atoms with E-state index >= 15 is 0 Å². The normalized spacial score (nSPS) is 11.3. The molecule has 0 rings (SSSR count). The van der Waals surface area contributed by atoms with Crippen LogP contribution in [-0.2, 0) is 18.4 Å². The molecule has 0 heterocycles. The Morgan fingerprint density at radius 1 is 1.17 bits per heavy atom. The fraction of sp³-hybridized carbons (Fsp3) is 0.769.